The summed E-state index contributed by atoms with van der Waals surface area (Å²) in [5.74, 6) is -0.630. The van der Waals surface area contributed by atoms with E-state index in [0.717, 1.165) is 77.0 Å². The van der Waals surface area contributed by atoms with Crippen molar-refractivity contribution in [3.05, 3.63) is 97.2 Å². The second-order valence-electron chi connectivity index (χ2n) is 16.9. The standard InChI is InChI=1S/C56H95NO5/c1-4-7-10-13-16-19-22-25-27-30-32-35-38-41-44-47-52(62-56(61)49-46-43-40-37-34-29-24-21-18-15-12-9-6-3)50-55(60)57-53(51-58)54(59)48-45-42-39-36-33-31-28-26-23-20-17-14-11-8-5-2/h9,12,15-16,18-19,21,24-25,27,29,32,34-35,41,44,52-54,58-59H,4-8,10-11,13-14,17,20,22-23,26,28,30-31,33,36-40,42-43,45-51H2,1-3H3,(H,57,60)/b12-9+,18-15+,19-16-,24-21-,27-25-,34-29-,35-32-,44-41-. The van der Waals surface area contributed by atoms with Crippen LogP contribution in [-0.4, -0.2) is 46.9 Å². The van der Waals surface area contributed by atoms with E-state index in [1.165, 1.54) is 96.3 Å². The highest BCUT2D eigenvalue weighted by atomic mass is 16.5. The van der Waals surface area contributed by atoms with Gasteiger partial charge in [0.05, 0.1) is 25.2 Å². The Morgan fingerprint density at radius 1 is 0.516 bits per heavy atom. The Hall–Kier alpha value is -3.22. The number of hydrogen-bond acceptors (Lipinski definition) is 5. The van der Waals surface area contributed by atoms with Gasteiger partial charge < -0.3 is 20.3 Å². The minimum atomic E-state index is -0.823. The van der Waals surface area contributed by atoms with Crippen LogP contribution in [0.25, 0.3) is 0 Å². The predicted octanol–water partition coefficient (Wildman–Crippen LogP) is 15.3. The van der Waals surface area contributed by atoms with Crippen LogP contribution in [0.4, 0.5) is 0 Å². The van der Waals surface area contributed by atoms with Crippen LogP contribution in [0.5, 0.6) is 0 Å². The molecule has 0 aliphatic heterocycles. The summed E-state index contributed by atoms with van der Waals surface area (Å²) in [5, 5.41) is 23.7. The predicted molar refractivity (Wildman–Crippen MR) is 268 cm³/mol. The molecule has 0 aromatic rings. The number of aliphatic hydroxyl groups is 2. The van der Waals surface area contributed by atoms with Crippen molar-refractivity contribution in [1.82, 2.24) is 5.32 Å². The zero-order chi connectivity index (χ0) is 45.2. The number of aliphatic hydroxyl groups excluding tert-OH is 2. The average molecular weight is 862 g/mol. The fourth-order valence-electron chi connectivity index (χ4n) is 7.13. The van der Waals surface area contributed by atoms with Gasteiger partial charge in [-0.15, -0.1) is 0 Å². The molecule has 0 saturated carbocycles. The van der Waals surface area contributed by atoms with Gasteiger partial charge in [0.1, 0.15) is 6.10 Å². The van der Waals surface area contributed by atoms with Crippen LogP contribution in [0.15, 0.2) is 97.2 Å². The number of amides is 1. The zero-order valence-electron chi connectivity index (χ0n) is 40.2. The lowest BCUT2D eigenvalue weighted by molar-refractivity contribution is -0.150. The van der Waals surface area contributed by atoms with Crippen molar-refractivity contribution >= 4 is 11.9 Å². The number of rotatable bonds is 44. The van der Waals surface area contributed by atoms with E-state index in [9.17, 15) is 19.8 Å². The van der Waals surface area contributed by atoms with Crippen molar-refractivity contribution in [1.29, 1.82) is 0 Å². The maximum absolute atomic E-state index is 13.2. The molecule has 62 heavy (non-hydrogen) atoms. The molecule has 354 valence electrons. The SMILES string of the molecule is CC/C=C/C=C/C=C\C=C/CCCCCC(=O)OC(C/C=C\C/C=C\C/C=C\C/C=C\CCCCC)CC(=O)NC(CO)C(O)CCCCCCCCCCCCCCCCC. The first-order chi connectivity index (χ1) is 30.5. The molecule has 0 aliphatic rings. The third-order valence-electron chi connectivity index (χ3n) is 11.0. The van der Waals surface area contributed by atoms with E-state index in [2.05, 4.69) is 80.8 Å². The second kappa shape index (κ2) is 48.8. The van der Waals surface area contributed by atoms with Crippen molar-refractivity contribution in [3.8, 4) is 0 Å². The third kappa shape index (κ3) is 43.4. The zero-order valence-corrected chi connectivity index (χ0v) is 40.2. The van der Waals surface area contributed by atoms with Gasteiger partial charge in [0.25, 0.3) is 0 Å². The number of nitrogens with one attached hydrogen (secondary N) is 1. The maximum atomic E-state index is 13.2. The van der Waals surface area contributed by atoms with Crippen molar-refractivity contribution in [2.24, 2.45) is 0 Å². The fraction of sp³-hybridized carbons (Fsp3) is 0.679. The fourth-order valence-corrected chi connectivity index (χ4v) is 7.13. The summed E-state index contributed by atoms with van der Waals surface area (Å²) in [4.78, 5) is 26.1. The lowest BCUT2D eigenvalue weighted by atomic mass is 10.0. The average Bonchev–Trinajstić information content (AvgIpc) is 3.26. The Morgan fingerprint density at radius 2 is 0.968 bits per heavy atom. The maximum Gasteiger partial charge on any atom is 0.306 e. The Morgan fingerprint density at radius 3 is 1.53 bits per heavy atom. The third-order valence-corrected chi connectivity index (χ3v) is 11.0. The first-order valence-corrected chi connectivity index (χ1v) is 25.5. The van der Waals surface area contributed by atoms with Gasteiger partial charge in [0.2, 0.25) is 5.91 Å². The van der Waals surface area contributed by atoms with Crippen molar-refractivity contribution in [2.45, 2.75) is 238 Å². The Kier molecular flexibility index (Phi) is 46.3. The molecule has 0 aromatic carbocycles. The molecule has 0 aliphatic carbocycles. The van der Waals surface area contributed by atoms with Crippen LogP contribution in [-0.2, 0) is 14.3 Å². The van der Waals surface area contributed by atoms with Gasteiger partial charge in [0.15, 0.2) is 0 Å². The smallest absolute Gasteiger partial charge is 0.306 e. The second-order valence-corrected chi connectivity index (χ2v) is 16.9. The van der Waals surface area contributed by atoms with E-state index in [1.807, 2.05) is 42.5 Å². The van der Waals surface area contributed by atoms with Crippen LogP contribution in [0.2, 0.25) is 0 Å². The van der Waals surface area contributed by atoms with E-state index in [0.29, 0.717) is 19.3 Å². The number of esters is 1. The first-order valence-electron chi connectivity index (χ1n) is 25.5. The van der Waals surface area contributed by atoms with E-state index >= 15 is 0 Å². The monoisotopic (exact) mass is 862 g/mol. The molecule has 0 aromatic heterocycles. The molecule has 3 atom stereocenters. The molecule has 3 N–H and O–H groups in total. The Labute approximate surface area is 382 Å². The van der Waals surface area contributed by atoms with Crippen LogP contribution < -0.4 is 5.32 Å². The number of allylic oxidation sites excluding steroid dienone is 15. The van der Waals surface area contributed by atoms with Gasteiger partial charge in [0, 0.05) is 12.8 Å². The lowest BCUT2D eigenvalue weighted by Crippen LogP contribution is -2.46. The van der Waals surface area contributed by atoms with Gasteiger partial charge >= 0.3 is 5.97 Å². The molecule has 0 fully saturated rings. The molecule has 0 rings (SSSR count). The molecule has 0 heterocycles. The summed E-state index contributed by atoms with van der Waals surface area (Å²) >= 11 is 0. The van der Waals surface area contributed by atoms with Gasteiger partial charge in [-0.1, -0.05) is 234 Å². The molecular weight excluding hydrogens is 767 g/mol. The summed E-state index contributed by atoms with van der Waals surface area (Å²) in [5.41, 5.74) is 0. The Balaban J connectivity index is 4.77. The molecule has 6 heteroatoms. The van der Waals surface area contributed by atoms with Crippen molar-refractivity contribution in [2.75, 3.05) is 6.61 Å². The van der Waals surface area contributed by atoms with E-state index < -0.39 is 18.2 Å². The van der Waals surface area contributed by atoms with E-state index in [1.54, 1.807) is 0 Å². The van der Waals surface area contributed by atoms with Gasteiger partial charge in [-0.05, 0) is 64.2 Å². The van der Waals surface area contributed by atoms with E-state index in [-0.39, 0.29) is 24.9 Å². The van der Waals surface area contributed by atoms with E-state index in [4.69, 9.17) is 4.74 Å². The van der Waals surface area contributed by atoms with Crippen molar-refractivity contribution in [3.63, 3.8) is 0 Å². The minimum absolute atomic E-state index is 0.0195. The molecule has 3 unspecified atom stereocenters. The van der Waals surface area contributed by atoms with Gasteiger partial charge in [-0.3, -0.25) is 9.59 Å². The van der Waals surface area contributed by atoms with Crippen LogP contribution >= 0.6 is 0 Å². The van der Waals surface area contributed by atoms with Crippen molar-refractivity contribution < 1.29 is 24.5 Å². The topological polar surface area (TPSA) is 95.9 Å². The van der Waals surface area contributed by atoms with Gasteiger partial charge in [-0.2, -0.15) is 0 Å². The summed E-state index contributed by atoms with van der Waals surface area (Å²) in [6.07, 6.45) is 64.8. The quantitative estimate of drug-likeness (QED) is 0.0245. The first kappa shape index (κ1) is 58.8. The molecule has 6 nitrogen and oxygen atoms in total. The van der Waals surface area contributed by atoms with Gasteiger partial charge in [-0.25, -0.2) is 0 Å². The highest BCUT2D eigenvalue weighted by molar-refractivity contribution is 5.77. The summed E-state index contributed by atoms with van der Waals surface area (Å²) in [6.45, 7) is 6.27. The molecule has 0 radical (unpaired) electrons. The number of carbonyl (C=O) groups is 2. The highest BCUT2D eigenvalue weighted by Crippen LogP contribution is 2.16. The summed E-state index contributed by atoms with van der Waals surface area (Å²) in [6, 6.07) is -0.744. The summed E-state index contributed by atoms with van der Waals surface area (Å²) in [7, 11) is 0. The highest BCUT2D eigenvalue weighted by Gasteiger charge is 2.23. The number of hydrogen-bond donors (Lipinski definition) is 3. The lowest BCUT2D eigenvalue weighted by Gasteiger charge is -2.24. The number of ether oxygens (including phenoxy) is 1. The normalized spacial score (nSPS) is 14.1. The molecule has 0 saturated heterocycles. The number of unbranched alkanes of at least 4 members (excludes halogenated alkanes) is 20. The summed E-state index contributed by atoms with van der Waals surface area (Å²) < 4.78 is 5.84. The number of carbonyl (C=O) groups excluding carboxylic acids is 2. The largest absolute Gasteiger partial charge is 0.461 e. The van der Waals surface area contributed by atoms with Crippen LogP contribution in [0.1, 0.15) is 220 Å². The molecular formula is C56H95NO5. The van der Waals surface area contributed by atoms with Crippen LogP contribution in [0.3, 0.4) is 0 Å². The molecule has 1 amide bonds. The van der Waals surface area contributed by atoms with Crippen LogP contribution in [0, 0.1) is 0 Å². The molecule has 0 bridgehead atoms. The molecule has 0 spiro atoms. The Bertz CT molecular complexity index is 1240. The minimum Gasteiger partial charge on any atom is -0.461 e.